The van der Waals surface area contributed by atoms with E-state index in [4.69, 9.17) is 11.5 Å². The molecule has 0 amide bonds. The molecular formula is C9H12BrFN2O. The summed E-state index contributed by atoms with van der Waals surface area (Å²) in [5, 5.41) is 9.57. The molecule has 1 aromatic rings. The Morgan fingerprint density at radius 3 is 2.71 bits per heavy atom. The lowest BCUT2D eigenvalue weighted by molar-refractivity contribution is 0.448. The van der Waals surface area contributed by atoms with Crippen molar-refractivity contribution in [3.8, 4) is 5.75 Å². The lowest BCUT2D eigenvalue weighted by Crippen LogP contribution is -2.15. The minimum atomic E-state index is -0.508. The average Bonchev–Trinajstić information content (AvgIpc) is 2.15. The number of rotatable bonds is 3. The second-order valence-corrected chi connectivity index (χ2v) is 3.78. The molecule has 0 unspecified atom stereocenters. The summed E-state index contributed by atoms with van der Waals surface area (Å²) in [5.74, 6) is -0.655. The van der Waals surface area contributed by atoms with E-state index < -0.39 is 5.82 Å². The fraction of sp³-hybridized carbons (Fsp3) is 0.333. The minimum absolute atomic E-state index is 0.0440. The highest BCUT2D eigenvalue weighted by atomic mass is 79.9. The standard InChI is InChI=1S/C9H12BrFN2O/c10-8-6(11)2-1-5(9(8)14)7(13)3-4-12/h1-2,7,14H,3-4,12-13H2/t7-/m1/s1. The molecule has 14 heavy (non-hydrogen) atoms. The summed E-state index contributed by atoms with van der Waals surface area (Å²) < 4.78 is 13.0. The molecule has 0 aliphatic carbocycles. The molecule has 0 fully saturated rings. The van der Waals surface area contributed by atoms with Crippen LogP contribution in [0.1, 0.15) is 18.0 Å². The number of phenolic OH excluding ortho intramolecular Hbond substituents is 1. The maximum Gasteiger partial charge on any atom is 0.141 e. The summed E-state index contributed by atoms with van der Waals surface area (Å²) in [4.78, 5) is 0. The Hall–Kier alpha value is -0.650. The number of aromatic hydroxyl groups is 1. The lowest BCUT2D eigenvalue weighted by atomic mass is 10.0. The molecule has 0 saturated carbocycles. The van der Waals surface area contributed by atoms with Gasteiger partial charge in [-0.2, -0.15) is 0 Å². The van der Waals surface area contributed by atoms with Crippen LogP contribution in [-0.4, -0.2) is 11.7 Å². The van der Waals surface area contributed by atoms with Crippen molar-refractivity contribution in [1.82, 2.24) is 0 Å². The molecule has 1 rings (SSSR count). The molecule has 5 heteroatoms. The number of hydrogen-bond acceptors (Lipinski definition) is 3. The topological polar surface area (TPSA) is 72.3 Å². The number of benzene rings is 1. The second-order valence-electron chi connectivity index (χ2n) is 2.98. The Balaban J connectivity index is 3.04. The van der Waals surface area contributed by atoms with Crippen molar-refractivity contribution < 1.29 is 9.50 Å². The first-order valence-corrected chi connectivity index (χ1v) is 4.99. The number of halogens is 2. The second kappa shape index (κ2) is 4.72. The van der Waals surface area contributed by atoms with Crippen molar-refractivity contribution in [3.63, 3.8) is 0 Å². The summed E-state index contributed by atoms with van der Waals surface area (Å²) in [6.07, 6.45) is 0.547. The molecule has 1 atom stereocenters. The predicted molar refractivity (Wildman–Crippen MR) is 56.4 cm³/mol. The van der Waals surface area contributed by atoms with Crippen LogP contribution in [0.4, 0.5) is 4.39 Å². The number of phenols is 1. The van der Waals surface area contributed by atoms with Crippen molar-refractivity contribution in [3.05, 3.63) is 28.0 Å². The number of hydrogen-bond donors (Lipinski definition) is 3. The van der Waals surface area contributed by atoms with Crippen molar-refractivity contribution in [2.24, 2.45) is 11.5 Å². The lowest BCUT2D eigenvalue weighted by Gasteiger charge is -2.13. The van der Waals surface area contributed by atoms with Crippen LogP contribution in [0.5, 0.6) is 5.75 Å². The van der Waals surface area contributed by atoms with Gasteiger partial charge in [0, 0.05) is 11.6 Å². The van der Waals surface area contributed by atoms with Gasteiger partial charge < -0.3 is 16.6 Å². The van der Waals surface area contributed by atoms with Crippen LogP contribution < -0.4 is 11.5 Å². The third-order valence-electron chi connectivity index (χ3n) is 1.98. The van der Waals surface area contributed by atoms with Gasteiger partial charge in [0.25, 0.3) is 0 Å². The molecule has 0 heterocycles. The van der Waals surface area contributed by atoms with Gasteiger partial charge in [-0.3, -0.25) is 0 Å². The van der Waals surface area contributed by atoms with E-state index in [-0.39, 0.29) is 16.3 Å². The van der Waals surface area contributed by atoms with Gasteiger partial charge in [-0.05, 0) is 35.0 Å². The summed E-state index contributed by atoms with van der Waals surface area (Å²) in [7, 11) is 0. The molecule has 0 aromatic heterocycles. The maximum atomic E-state index is 12.9. The van der Waals surface area contributed by atoms with E-state index in [0.29, 0.717) is 18.5 Å². The zero-order chi connectivity index (χ0) is 10.7. The highest BCUT2D eigenvalue weighted by Crippen LogP contribution is 2.33. The van der Waals surface area contributed by atoms with E-state index in [0.717, 1.165) is 0 Å². The summed E-state index contributed by atoms with van der Waals surface area (Å²) in [6, 6.07) is 2.36. The van der Waals surface area contributed by atoms with Crippen LogP contribution >= 0.6 is 15.9 Å². The first kappa shape index (κ1) is 11.4. The predicted octanol–water partition coefficient (Wildman–Crippen LogP) is 1.64. The van der Waals surface area contributed by atoms with Gasteiger partial charge in [-0.1, -0.05) is 6.07 Å². The SMILES string of the molecule is NCC[C@@H](N)c1ccc(F)c(Br)c1O. The molecule has 0 saturated heterocycles. The van der Waals surface area contributed by atoms with Crippen LogP contribution in [0.15, 0.2) is 16.6 Å². The molecule has 0 aliphatic heterocycles. The van der Waals surface area contributed by atoms with Gasteiger partial charge in [0.2, 0.25) is 0 Å². The van der Waals surface area contributed by atoms with E-state index in [1.807, 2.05) is 0 Å². The van der Waals surface area contributed by atoms with E-state index in [9.17, 15) is 9.50 Å². The zero-order valence-corrected chi connectivity index (χ0v) is 9.09. The Labute approximate surface area is 90.0 Å². The Kier molecular flexibility index (Phi) is 3.86. The van der Waals surface area contributed by atoms with Gasteiger partial charge in [-0.15, -0.1) is 0 Å². The van der Waals surface area contributed by atoms with Crippen molar-refractivity contribution in [1.29, 1.82) is 0 Å². The average molecular weight is 263 g/mol. The van der Waals surface area contributed by atoms with Crippen LogP contribution in [0.25, 0.3) is 0 Å². The van der Waals surface area contributed by atoms with E-state index in [1.54, 1.807) is 0 Å². The Morgan fingerprint density at radius 1 is 1.50 bits per heavy atom. The molecule has 0 spiro atoms. The zero-order valence-electron chi connectivity index (χ0n) is 7.50. The highest BCUT2D eigenvalue weighted by molar-refractivity contribution is 9.10. The van der Waals surface area contributed by atoms with Crippen LogP contribution in [0.2, 0.25) is 0 Å². The fourth-order valence-electron chi connectivity index (χ4n) is 1.19. The van der Waals surface area contributed by atoms with E-state index >= 15 is 0 Å². The molecule has 3 nitrogen and oxygen atoms in total. The van der Waals surface area contributed by atoms with Gasteiger partial charge in [0.15, 0.2) is 0 Å². The molecular weight excluding hydrogens is 251 g/mol. The third kappa shape index (κ3) is 2.23. The monoisotopic (exact) mass is 262 g/mol. The van der Waals surface area contributed by atoms with E-state index in [2.05, 4.69) is 15.9 Å². The molecule has 0 radical (unpaired) electrons. The largest absolute Gasteiger partial charge is 0.506 e. The van der Waals surface area contributed by atoms with E-state index in [1.165, 1.54) is 12.1 Å². The molecule has 78 valence electrons. The van der Waals surface area contributed by atoms with Crippen molar-refractivity contribution in [2.45, 2.75) is 12.5 Å². The molecule has 1 aromatic carbocycles. The molecule has 0 aliphatic rings. The third-order valence-corrected chi connectivity index (χ3v) is 2.73. The first-order valence-electron chi connectivity index (χ1n) is 4.20. The normalized spacial score (nSPS) is 12.9. The Morgan fingerprint density at radius 2 is 2.14 bits per heavy atom. The van der Waals surface area contributed by atoms with Crippen LogP contribution in [0.3, 0.4) is 0 Å². The smallest absolute Gasteiger partial charge is 0.141 e. The van der Waals surface area contributed by atoms with Crippen molar-refractivity contribution in [2.75, 3.05) is 6.54 Å². The summed E-state index contributed by atoms with van der Waals surface area (Å²) in [6.45, 7) is 0.426. The molecule has 0 bridgehead atoms. The maximum absolute atomic E-state index is 12.9. The molecule has 5 N–H and O–H groups in total. The van der Waals surface area contributed by atoms with Gasteiger partial charge >= 0.3 is 0 Å². The van der Waals surface area contributed by atoms with Gasteiger partial charge in [0.1, 0.15) is 11.6 Å². The first-order chi connectivity index (χ1) is 6.57. The van der Waals surface area contributed by atoms with Gasteiger partial charge in [0.05, 0.1) is 4.47 Å². The number of nitrogens with two attached hydrogens (primary N) is 2. The van der Waals surface area contributed by atoms with Gasteiger partial charge in [-0.25, -0.2) is 4.39 Å². The van der Waals surface area contributed by atoms with Crippen LogP contribution in [-0.2, 0) is 0 Å². The fourth-order valence-corrected chi connectivity index (χ4v) is 1.55. The van der Waals surface area contributed by atoms with Crippen LogP contribution in [0, 0.1) is 5.82 Å². The van der Waals surface area contributed by atoms with Crippen molar-refractivity contribution >= 4 is 15.9 Å². The summed E-state index contributed by atoms with van der Waals surface area (Å²) in [5.41, 5.74) is 11.6. The Bertz CT molecular complexity index is 333. The summed E-state index contributed by atoms with van der Waals surface area (Å²) >= 11 is 2.94. The minimum Gasteiger partial charge on any atom is -0.506 e. The highest BCUT2D eigenvalue weighted by Gasteiger charge is 2.15. The quantitative estimate of drug-likeness (QED) is 0.776.